The van der Waals surface area contributed by atoms with Gasteiger partial charge in [-0.1, -0.05) is 12.1 Å². The molecule has 2 aromatic rings. The average molecular weight is 384 g/mol. The summed E-state index contributed by atoms with van der Waals surface area (Å²) in [4.78, 5) is 37.7. The first kappa shape index (κ1) is 19.0. The van der Waals surface area contributed by atoms with E-state index in [1.54, 1.807) is 55.6 Å². The standard InChI is InChI=1S/C20H20N2O4S/c1-26-15-9-7-14(8-10-15)21-18(23)13-27-12-4-11-22-19(24)16-5-2-3-6-17(16)20(22)25/h2-3,5-10H,4,11-13H2,1H3,(H,21,23). The molecule has 0 saturated carbocycles. The number of nitrogens with one attached hydrogen (secondary N) is 1. The fraction of sp³-hybridized carbons (Fsp3) is 0.250. The van der Waals surface area contributed by atoms with Gasteiger partial charge in [0.05, 0.1) is 24.0 Å². The van der Waals surface area contributed by atoms with Gasteiger partial charge in [-0.15, -0.1) is 0 Å². The van der Waals surface area contributed by atoms with E-state index in [0.717, 1.165) is 5.75 Å². The first-order valence-electron chi connectivity index (χ1n) is 8.57. The largest absolute Gasteiger partial charge is 0.497 e. The molecule has 0 aliphatic carbocycles. The van der Waals surface area contributed by atoms with Gasteiger partial charge in [0.15, 0.2) is 0 Å². The molecule has 2 aromatic carbocycles. The number of imide groups is 1. The number of hydrogen-bond acceptors (Lipinski definition) is 5. The number of rotatable bonds is 8. The predicted octanol–water partition coefficient (Wildman–Crippen LogP) is 3.05. The van der Waals surface area contributed by atoms with Crippen LogP contribution in [0.3, 0.4) is 0 Å². The Kier molecular flexibility index (Phi) is 6.13. The molecule has 1 heterocycles. The fourth-order valence-electron chi connectivity index (χ4n) is 2.80. The van der Waals surface area contributed by atoms with Gasteiger partial charge >= 0.3 is 0 Å². The molecule has 6 nitrogen and oxygen atoms in total. The summed E-state index contributed by atoms with van der Waals surface area (Å²) in [6, 6.07) is 14.0. The Morgan fingerprint density at radius 1 is 1.04 bits per heavy atom. The van der Waals surface area contributed by atoms with Gasteiger partial charge in [0.25, 0.3) is 11.8 Å². The molecule has 3 rings (SSSR count). The normalized spacial score (nSPS) is 12.9. The van der Waals surface area contributed by atoms with Gasteiger partial charge in [0.1, 0.15) is 5.75 Å². The molecule has 27 heavy (non-hydrogen) atoms. The first-order valence-corrected chi connectivity index (χ1v) is 9.72. The van der Waals surface area contributed by atoms with Crippen LogP contribution in [0.1, 0.15) is 27.1 Å². The maximum Gasteiger partial charge on any atom is 0.261 e. The summed E-state index contributed by atoms with van der Waals surface area (Å²) in [6.45, 7) is 0.361. The van der Waals surface area contributed by atoms with E-state index in [9.17, 15) is 14.4 Å². The second kappa shape index (κ2) is 8.73. The van der Waals surface area contributed by atoms with Gasteiger partial charge in [-0.2, -0.15) is 11.8 Å². The molecule has 0 spiro atoms. The molecule has 0 fully saturated rings. The molecule has 3 amide bonds. The molecule has 0 bridgehead atoms. The third kappa shape index (κ3) is 4.49. The fourth-order valence-corrected chi connectivity index (χ4v) is 3.54. The number of amides is 3. The van der Waals surface area contributed by atoms with Crippen LogP contribution in [0.2, 0.25) is 0 Å². The number of anilines is 1. The van der Waals surface area contributed by atoms with Crippen molar-refractivity contribution in [3.63, 3.8) is 0 Å². The quantitative estimate of drug-likeness (QED) is 0.559. The lowest BCUT2D eigenvalue weighted by molar-refractivity contribution is -0.113. The van der Waals surface area contributed by atoms with Crippen molar-refractivity contribution < 1.29 is 19.1 Å². The van der Waals surface area contributed by atoms with E-state index in [1.807, 2.05) is 0 Å². The van der Waals surface area contributed by atoms with E-state index in [2.05, 4.69) is 5.32 Å². The number of carbonyl (C=O) groups excluding carboxylic acids is 3. The van der Waals surface area contributed by atoms with Crippen LogP contribution in [-0.2, 0) is 4.79 Å². The Balaban J connectivity index is 1.38. The van der Waals surface area contributed by atoms with Gasteiger partial charge in [-0.25, -0.2) is 0 Å². The van der Waals surface area contributed by atoms with E-state index in [4.69, 9.17) is 4.74 Å². The Hall–Kier alpha value is -2.80. The van der Waals surface area contributed by atoms with Crippen LogP contribution < -0.4 is 10.1 Å². The van der Waals surface area contributed by atoms with Gasteiger partial charge in [-0.05, 0) is 48.6 Å². The highest BCUT2D eigenvalue weighted by Crippen LogP contribution is 2.22. The zero-order chi connectivity index (χ0) is 19.2. The summed E-state index contributed by atoms with van der Waals surface area (Å²) in [7, 11) is 1.59. The molecule has 1 aliphatic heterocycles. The predicted molar refractivity (Wildman–Crippen MR) is 105 cm³/mol. The van der Waals surface area contributed by atoms with Crippen molar-refractivity contribution in [3.05, 3.63) is 59.7 Å². The number of fused-ring (bicyclic) bond motifs is 1. The van der Waals surface area contributed by atoms with Crippen molar-refractivity contribution in [2.24, 2.45) is 0 Å². The summed E-state index contributed by atoms with van der Waals surface area (Å²) in [5, 5.41) is 2.82. The molecule has 7 heteroatoms. The Morgan fingerprint density at radius 3 is 2.26 bits per heavy atom. The second-order valence-corrected chi connectivity index (χ2v) is 7.10. The van der Waals surface area contributed by atoms with Crippen LogP contribution in [0, 0.1) is 0 Å². The SMILES string of the molecule is COc1ccc(NC(=O)CSCCCN2C(=O)c3ccccc3C2=O)cc1. The maximum atomic E-state index is 12.3. The summed E-state index contributed by atoms with van der Waals surface area (Å²) in [5.74, 6) is 1.16. The molecule has 0 aromatic heterocycles. The highest BCUT2D eigenvalue weighted by molar-refractivity contribution is 7.99. The van der Waals surface area contributed by atoms with Crippen molar-refractivity contribution in [2.45, 2.75) is 6.42 Å². The topological polar surface area (TPSA) is 75.7 Å². The molecular formula is C20H20N2O4S. The zero-order valence-corrected chi connectivity index (χ0v) is 15.8. The van der Waals surface area contributed by atoms with Crippen molar-refractivity contribution in [3.8, 4) is 5.75 Å². The summed E-state index contributed by atoms with van der Waals surface area (Å²) in [6.07, 6.45) is 0.645. The molecule has 0 atom stereocenters. The van der Waals surface area contributed by atoms with Crippen LogP contribution >= 0.6 is 11.8 Å². The minimum atomic E-state index is -0.238. The van der Waals surface area contributed by atoms with Crippen LogP contribution in [0.15, 0.2) is 48.5 Å². The van der Waals surface area contributed by atoms with E-state index in [1.165, 1.54) is 16.7 Å². The van der Waals surface area contributed by atoms with Gasteiger partial charge < -0.3 is 10.1 Å². The monoisotopic (exact) mass is 384 g/mol. The Bertz CT molecular complexity index is 816. The minimum absolute atomic E-state index is 0.0918. The van der Waals surface area contributed by atoms with E-state index < -0.39 is 0 Å². The first-order chi connectivity index (χ1) is 13.1. The van der Waals surface area contributed by atoms with Crippen LogP contribution in [0.25, 0.3) is 0 Å². The smallest absolute Gasteiger partial charge is 0.261 e. The number of hydrogen-bond donors (Lipinski definition) is 1. The Morgan fingerprint density at radius 2 is 1.67 bits per heavy atom. The van der Waals surface area contributed by atoms with Crippen molar-refractivity contribution in [1.82, 2.24) is 4.90 Å². The number of ether oxygens (including phenoxy) is 1. The molecular weight excluding hydrogens is 364 g/mol. The minimum Gasteiger partial charge on any atom is -0.497 e. The maximum absolute atomic E-state index is 12.3. The summed E-state index contributed by atoms with van der Waals surface area (Å²) < 4.78 is 5.08. The molecule has 0 saturated heterocycles. The number of nitrogens with zero attached hydrogens (tertiary/aromatic N) is 1. The van der Waals surface area contributed by atoms with E-state index >= 15 is 0 Å². The molecule has 1 aliphatic rings. The zero-order valence-electron chi connectivity index (χ0n) is 14.9. The van der Waals surface area contributed by atoms with Gasteiger partial charge in [0, 0.05) is 12.2 Å². The molecule has 140 valence electrons. The van der Waals surface area contributed by atoms with Crippen molar-refractivity contribution >= 4 is 35.2 Å². The lowest BCUT2D eigenvalue weighted by Crippen LogP contribution is -2.31. The van der Waals surface area contributed by atoms with Crippen LogP contribution in [-0.4, -0.2) is 47.8 Å². The number of benzene rings is 2. The number of methoxy groups -OCH3 is 1. The lowest BCUT2D eigenvalue weighted by Gasteiger charge is -2.13. The van der Waals surface area contributed by atoms with Crippen LogP contribution in [0.5, 0.6) is 5.75 Å². The van der Waals surface area contributed by atoms with Crippen molar-refractivity contribution in [2.75, 3.05) is 30.5 Å². The number of carbonyl (C=O) groups is 3. The highest BCUT2D eigenvalue weighted by Gasteiger charge is 2.34. The lowest BCUT2D eigenvalue weighted by atomic mass is 10.1. The highest BCUT2D eigenvalue weighted by atomic mass is 32.2. The number of thioether (sulfide) groups is 1. The molecule has 1 N–H and O–H groups in total. The third-order valence-electron chi connectivity index (χ3n) is 4.16. The average Bonchev–Trinajstić information content (AvgIpc) is 2.93. The summed E-state index contributed by atoms with van der Waals surface area (Å²) in [5.41, 5.74) is 1.65. The molecule has 0 unspecified atom stereocenters. The third-order valence-corrected chi connectivity index (χ3v) is 5.20. The van der Waals surface area contributed by atoms with E-state index in [0.29, 0.717) is 41.3 Å². The van der Waals surface area contributed by atoms with Crippen LogP contribution in [0.4, 0.5) is 5.69 Å². The second-order valence-electron chi connectivity index (χ2n) is 5.99. The Labute approximate surface area is 161 Å². The molecule has 0 radical (unpaired) electrons. The van der Waals surface area contributed by atoms with Gasteiger partial charge in [-0.3, -0.25) is 19.3 Å². The summed E-state index contributed by atoms with van der Waals surface area (Å²) >= 11 is 1.47. The van der Waals surface area contributed by atoms with Gasteiger partial charge in [0.2, 0.25) is 5.91 Å². The van der Waals surface area contributed by atoms with E-state index in [-0.39, 0.29) is 17.7 Å². The van der Waals surface area contributed by atoms with Crippen molar-refractivity contribution in [1.29, 1.82) is 0 Å².